The minimum atomic E-state index is 0.218. The van der Waals surface area contributed by atoms with Gasteiger partial charge in [0.25, 0.3) is 5.95 Å². The van der Waals surface area contributed by atoms with E-state index >= 15 is 0 Å². The zero-order valence-corrected chi connectivity index (χ0v) is 10.9. The molecule has 0 atom stereocenters. The lowest BCUT2D eigenvalue weighted by Gasteiger charge is -2.30. The average molecular weight is 259 g/mol. The van der Waals surface area contributed by atoms with E-state index in [2.05, 4.69) is 20.1 Å². The molecule has 19 heavy (non-hydrogen) atoms. The van der Waals surface area contributed by atoms with Crippen LogP contribution in [0.15, 0.2) is 18.5 Å². The molecule has 7 heteroatoms. The van der Waals surface area contributed by atoms with Gasteiger partial charge < -0.3 is 10.6 Å². The van der Waals surface area contributed by atoms with Gasteiger partial charge in [-0.05, 0) is 24.8 Å². The molecule has 7 nitrogen and oxygen atoms in total. The van der Waals surface area contributed by atoms with Crippen molar-refractivity contribution in [1.82, 2.24) is 24.7 Å². The minimum absolute atomic E-state index is 0.218. The third-order valence-corrected chi connectivity index (χ3v) is 3.44. The standard InChI is InChI=1S/C12H17N7/c1-18(8-9-4-2-5-9)11-15-10(13)16-12(17-11)19-7-3-6-14-19/h3,6-7,9H,2,4-5,8H2,1H3,(H2,13,15,16,17). The summed E-state index contributed by atoms with van der Waals surface area (Å²) in [5.41, 5.74) is 5.75. The van der Waals surface area contributed by atoms with Crippen LogP contribution in [0.25, 0.3) is 5.95 Å². The van der Waals surface area contributed by atoms with Crippen LogP contribution in [0.1, 0.15) is 19.3 Å². The molecule has 1 saturated carbocycles. The van der Waals surface area contributed by atoms with Crippen molar-refractivity contribution in [2.45, 2.75) is 19.3 Å². The van der Waals surface area contributed by atoms with Gasteiger partial charge in [-0.15, -0.1) is 0 Å². The lowest BCUT2D eigenvalue weighted by atomic mass is 9.85. The van der Waals surface area contributed by atoms with Gasteiger partial charge in [0, 0.05) is 26.0 Å². The molecule has 0 spiro atoms. The van der Waals surface area contributed by atoms with Gasteiger partial charge >= 0.3 is 0 Å². The van der Waals surface area contributed by atoms with Gasteiger partial charge in [0.2, 0.25) is 11.9 Å². The van der Waals surface area contributed by atoms with Gasteiger partial charge in [0.15, 0.2) is 0 Å². The Morgan fingerprint density at radius 2 is 2.21 bits per heavy atom. The topological polar surface area (TPSA) is 85.8 Å². The maximum absolute atomic E-state index is 5.75. The Labute approximate surface area is 111 Å². The Morgan fingerprint density at radius 1 is 1.37 bits per heavy atom. The monoisotopic (exact) mass is 259 g/mol. The first kappa shape index (κ1) is 11.9. The van der Waals surface area contributed by atoms with Crippen molar-refractivity contribution in [2.75, 3.05) is 24.2 Å². The van der Waals surface area contributed by atoms with E-state index in [4.69, 9.17) is 5.73 Å². The van der Waals surface area contributed by atoms with Gasteiger partial charge in [-0.3, -0.25) is 0 Å². The molecule has 1 aliphatic rings. The van der Waals surface area contributed by atoms with Crippen LogP contribution < -0.4 is 10.6 Å². The van der Waals surface area contributed by atoms with Crippen molar-refractivity contribution in [3.05, 3.63) is 18.5 Å². The van der Waals surface area contributed by atoms with Crippen molar-refractivity contribution in [3.8, 4) is 5.95 Å². The summed E-state index contributed by atoms with van der Waals surface area (Å²) in [6.07, 6.45) is 7.37. The quantitative estimate of drug-likeness (QED) is 0.877. The summed E-state index contributed by atoms with van der Waals surface area (Å²) in [6.45, 7) is 0.960. The highest BCUT2D eigenvalue weighted by Crippen LogP contribution is 2.27. The number of anilines is 2. The molecule has 0 unspecified atom stereocenters. The zero-order valence-electron chi connectivity index (χ0n) is 10.9. The Bertz CT molecular complexity index is 547. The number of nitrogens with zero attached hydrogens (tertiary/aromatic N) is 6. The summed E-state index contributed by atoms with van der Waals surface area (Å²) in [7, 11) is 1.99. The van der Waals surface area contributed by atoms with Crippen LogP contribution in [-0.2, 0) is 0 Å². The fraction of sp³-hybridized carbons (Fsp3) is 0.500. The van der Waals surface area contributed by atoms with Crippen molar-refractivity contribution < 1.29 is 0 Å². The smallest absolute Gasteiger partial charge is 0.257 e. The zero-order chi connectivity index (χ0) is 13.2. The fourth-order valence-corrected chi connectivity index (χ4v) is 2.17. The predicted molar refractivity (Wildman–Crippen MR) is 72.0 cm³/mol. The summed E-state index contributed by atoms with van der Waals surface area (Å²) in [5.74, 6) is 2.02. The highest BCUT2D eigenvalue weighted by molar-refractivity contribution is 5.37. The molecule has 1 aliphatic carbocycles. The number of aromatic nitrogens is 5. The Kier molecular flexibility index (Phi) is 3.02. The lowest BCUT2D eigenvalue weighted by Crippen LogP contribution is -2.31. The Morgan fingerprint density at radius 3 is 2.84 bits per heavy atom. The first-order valence-electron chi connectivity index (χ1n) is 6.45. The average Bonchev–Trinajstić information content (AvgIpc) is 2.86. The molecule has 0 aliphatic heterocycles. The number of nitrogen functional groups attached to an aromatic ring is 1. The van der Waals surface area contributed by atoms with Crippen molar-refractivity contribution in [1.29, 1.82) is 0 Å². The number of nitrogens with two attached hydrogens (primary N) is 1. The molecule has 2 N–H and O–H groups in total. The summed E-state index contributed by atoms with van der Waals surface area (Å²) in [4.78, 5) is 14.7. The van der Waals surface area contributed by atoms with E-state index in [9.17, 15) is 0 Å². The number of hydrogen-bond donors (Lipinski definition) is 1. The van der Waals surface area contributed by atoms with Crippen LogP contribution in [0.5, 0.6) is 0 Å². The van der Waals surface area contributed by atoms with Gasteiger partial charge in [-0.25, -0.2) is 4.68 Å². The van der Waals surface area contributed by atoms with E-state index < -0.39 is 0 Å². The third-order valence-electron chi connectivity index (χ3n) is 3.44. The van der Waals surface area contributed by atoms with Crippen LogP contribution in [0.2, 0.25) is 0 Å². The summed E-state index contributed by atoms with van der Waals surface area (Å²) in [6, 6.07) is 1.82. The second-order valence-corrected chi connectivity index (χ2v) is 4.92. The van der Waals surface area contributed by atoms with E-state index in [0.717, 1.165) is 12.5 Å². The second-order valence-electron chi connectivity index (χ2n) is 4.92. The SMILES string of the molecule is CN(CC1CCC1)c1nc(N)nc(-n2cccn2)n1. The van der Waals surface area contributed by atoms with Crippen molar-refractivity contribution >= 4 is 11.9 Å². The van der Waals surface area contributed by atoms with Crippen LogP contribution in [0.3, 0.4) is 0 Å². The molecule has 100 valence electrons. The normalized spacial score (nSPS) is 15.2. The van der Waals surface area contributed by atoms with Gasteiger partial charge in [-0.1, -0.05) is 6.42 Å². The molecule has 0 saturated heterocycles. The van der Waals surface area contributed by atoms with Crippen LogP contribution >= 0.6 is 0 Å². The maximum atomic E-state index is 5.75. The van der Waals surface area contributed by atoms with E-state index in [1.54, 1.807) is 17.1 Å². The van der Waals surface area contributed by atoms with Crippen molar-refractivity contribution in [2.24, 2.45) is 5.92 Å². The Balaban J connectivity index is 1.84. The van der Waals surface area contributed by atoms with Crippen molar-refractivity contribution in [3.63, 3.8) is 0 Å². The van der Waals surface area contributed by atoms with Gasteiger partial charge in [0.05, 0.1) is 0 Å². The van der Waals surface area contributed by atoms with E-state index in [1.165, 1.54) is 19.3 Å². The summed E-state index contributed by atoms with van der Waals surface area (Å²) in [5, 5.41) is 4.11. The largest absolute Gasteiger partial charge is 0.368 e. The number of rotatable bonds is 4. The van der Waals surface area contributed by atoms with Gasteiger partial charge in [-0.2, -0.15) is 20.1 Å². The first-order chi connectivity index (χ1) is 9.22. The van der Waals surface area contributed by atoms with E-state index in [0.29, 0.717) is 11.9 Å². The molecule has 2 heterocycles. The Hall–Kier alpha value is -2.18. The summed E-state index contributed by atoms with van der Waals surface area (Å²) >= 11 is 0. The molecule has 3 rings (SSSR count). The van der Waals surface area contributed by atoms with Gasteiger partial charge in [0.1, 0.15) is 0 Å². The second kappa shape index (κ2) is 4.83. The maximum Gasteiger partial charge on any atom is 0.257 e. The first-order valence-corrected chi connectivity index (χ1v) is 6.45. The lowest BCUT2D eigenvalue weighted by molar-refractivity contribution is 0.320. The minimum Gasteiger partial charge on any atom is -0.368 e. The number of hydrogen-bond acceptors (Lipinski definition) is 6. The molecule has 0 aromatic carbocycles. The molecule has 2 aromatic rings. The van der Waals surface area contributed by atoms with E-state index in [1.807, 2.05) is 18.0 Å². The summed E-state index contributed by atoms with van der Waals surface area (Å²) < 4.78 is 1.58. The predicted octanol–water partition coefficient (Wildman–Crippen LogP) is 0.876. The molecular formula is C12H17N7. The highest BCUT2D eigenvalue weighted by atomic mass is 15.4. The molecule has 2 aromatic heterocycles. The molecule has 0 radical (unpaired) electrons. The van der Waals surface area contributed by atoms with Crippen LogP contribution in [0.4, 0.5) is 11.9 Å². The fourth-order valence-electron chi connectivity index (χ4n) is 2.17. The molecule has 0 amide bonds. The molecule has 0 bridgehead atoms. The third kappa shape index (κ3) is 2.49. The van der Waals surface area contributed by atoms with Crippen LogP contribution in [0, 0.1) is 5.92 Å². The van der Waals surface area contributed by atoms with E-state index in [-0.39, 0.29) is 5.95 Å². The molecular weight excluding hydrogens is 242 g/mol. The highest BCUT2D eigenvalue weighted by Gasteiger charge is 2.21. The van der Waals surface area contributed by atoms with Crippen LogP contribution in [-0.4, -0.2) is 38.3 Å². The molecule has 1 fully saturated rings.